The van der Waals surface area contributed by atoms with Crippen LogP contribution in [-0.2, 0) is 4.79 Å². The normalized spacial score (nSPS) is 17.6. The molecule has 1 N–H and O–H groups in total. The Morgan fingerprint density at radius 2 is 2.38 bits per heavy atom. The second kappa shape index (κ2) is 5.04. The minimum Gasteiger partial charge on any atom is -0.355 e. The number of rotatable bonds is 3. The van der Waals surface area contributed by atoms with E-state index in [-0.39, 0.29) is 11.8 Å². The van der Waals surface area contributed by atoms with Gasteiger partial charge in [-0.2, -0.15) is 5.26 Å². The molecule has 1 unspecified atom stereocenters. The number of hydrogen-bond donors (Lipinski definition) is 1. The van der Waals surface area contributed by atoms with Crippen LogP contribution in [0.25, 0.3) is 0 Å². The molecule has 4 heteroatoms. The Morgan fingerprint density at radius 1 is 1.56 bits per heavy atom. The first-order chi connectivity index (χ1) is 7.83. The van der Waals surface area contributed by atoms with E-state index < -0.39 is 0 Å². The van der Waals surface area contributed by atoms with Crippen LogP contribution in [0.3, 0.4) is 0 Å². The Balaban J connectivity index is 2.02. The van der Waals surface area contributed by atoms with Crippen LogP contribution >= 0.6 is 11.8 Å². The second-order valence-electron chi connectivity index (χ2n) is 3.60. The molecule has 0 spiro atoms. The molecule has 1 aromatic rings. The van der Waals surface area contributed by atoms with Crippen molar-refractivity contribution in [2.45, 2.75) is 17.2 Å². The van der Waals surface area contributed by atoms with Gasteiger partial charge in [-0.05, 0) is 11.6 Å². The van der Waals surface area contributed by atoms with E-state index in [1.54, 1.807) is 11.8 Å². The summed E-state index contributed by atoms with van der Waals surface area (Å²) in [5.74, 6) is 0.783. The van der Waals surface area contributed by atoms with Gasteiger partial charge in [0.2, 0.25) is 5.91 Å². The van der Waals surface area contributed by atoms with Crippen molar-refractivity contribution >= 4 is 17.7 Å². The van der Waals surface area contributed by atoms with Crippen molar-refractivity contribution in [3.05, 3.63) is 29.8 Å². The highest BCUT2D eigenvalue weighted by atomic mass is 32.2. The van der Waals surface area contributed by atoms with Gasteiger partial charge in [-0.3, -0.25) is 4.79 Å². The van der Waals surface area contributed by atoms with Gasteiger partial charge in [0.1, 0.15) is 0 Å². The SMILES string of the molecule is N#CCCNC(=O)C1CSc2ccccc21. The van der Waals surface area contributed by atoms with Crippen molar-refractivity contribution in [1.29, 1.82) is 5.26 Å². The van der Waals surface area contributed by atoms with Crippen LogP contribution in [0.1, 0.15) is 17.9 Å². The lowest BCUT2D eigenvalue weighted by molar-refractivity contribution is -0.122. The van der Waals surface area contributed by atoms with E-state index in [4.69, 9.17) is 5.26 Å². The summed E-state index contributed by atoms with van der Waals surface area (Å²) >= 11 is 1.72. The van der Waals surface area contributed by atoms with E-state index in [0.717, 1.165) is 11.3 Å². The molecule has 0 radical (unpaired) electrons. The quantitative estimate of drug-likeness (QED) is 0.810. The summed E-state index contributed by atoms with van der Waals surface area (Å²) in [6, 6.07) is 10.0. The molecule has 0 aromatic heterocycles. The summed E-state index contributed by atoms with van der Waals surface area (Å²) in [6.45, 7) is 0.443. The summed E-state index contributed by atoms with van der Waals surface area (Å²) in [4.78, 5) is 13.0. The molecule has 3 nitrogen and oxygen atoms in total. The van der Waals surface area contributed by atoms with Gasteiger partial charge in [-0.1, -0.05) is 18.2 Å². The van der Waals surface area contributed by atoms with Crippen LogP contribution in [-0.4, -0.2) is 18.2 Å². The second-order valence-corrected chi connectivity index (χ2v) is 4.66. The fraction of sp³-hybridized carbons (Fsp3) is 0.333. The minimum atomic E-state index is -0.0557. The Bertz CT molecular complexity index is 439. The number of carbonyl (C=O) groups is 1. The van der Waals surface area contributed by atoms with Gasteiger partial charge >= 0.3 is 0 Å². The van der Waals surface area contributed by atoms with Gasteiger partial charge in [-0.15, -0.1) is 11.8 Å². The molecule has 1 aromatic carbocycles. The molecule has 1 aliphatic rings. The molecule has 0 saturated carbocycles. The van der Waals surface area contributed by atoms with Gasteiger partial charge in [0.15, 0.2) is 0 Å². The predicted molar refractivity (Wildman–Crippen MR) is 63.1 cm³/mol. The highest BCUT2D eigenvalue weighted by molar-refractivity contribution is 7.99. The average Bonchev–Trinajstić information content (AvgIpc) is 2.73. The molecule has 1 amide bonds. The third kappa shape index (κ3) is 2.20. The van der Waals surface area contributed by atoms with Crippen molar-refractivity contribution in [3.8, 4) is 6.07 Å². The Morgan fingerprint density at radius 3 is 3.19 bits per heavy atom. The molecular formula is C12H12N2OS. The summed E-state index contributed by atoms with van der Waals surface area (Å²) in [7, 11) is 0. The van der Waals surface area contributed by atoms with Gasteiger partial charge in [-0.25, -0.2) is 0 Å². The highest BCUT2D eigenvalue weighted by Gasteiger charge is 2.28. The first-order valence-corrected chi connectivity index (χ1v) is 6.18. The molecule has 1 aliphatic heterocycles. The van der Waals surface area contributed by atoms with Gasteiger partial charge < -0.3 is 5.32 Å². The van der Waals surface area contributed by atoms with Crippen LogP contribution in [0.15, 0.2) is 29.2 Å². The molecule has 0 fully saturated rings. The maximum Gasteiger partial charge on any atom is 0.228 e. The summed E-state index contributed by atoms with van der Waals surface area (Å²) < 4.78 is 0. The summed E-state index contributed by atoms with van der Waals surface area (Å²) in [5, 5.41) is 11.2. The minimum absolute atomic E-state index is 0.0349. The van der Waals surface area contributed by atoms with Crippen molar-refractivity contribution in [3.63, 3.8) is 0 Å². The number of nitrogens with zero attached hydrogens (tertiary/aromatic N) is 1. The van der Waals surface area contributed by atoms with Gasteiger partial charge in [0.25, 0.3) is 0 Å². The molecule has 0 saturated heterocycles. The number of fused-ring (bicyclic) bond motifs is 1. The number of benzene rings is 1. The number of nitriles is 1. The Hall–Kier alpha value is -1.47. The smallest absolute Gasteiger partial charge is 0.228 e. The standard InChI is InChI=1S/C12H12N2OS/c13-6-3-7-14-12(15)10-8-16-11-5-2-1-4-9(10)11/h1-2,4-5,10H,3,7-8H2,(H,14,15). The van der Waals surface area contributed by atoms with Crippen LogP contribution in [0, 0.1) is 11.3 Å². The summed E-state index contributed by atoms with van der Waals surface area (Å²) in [6.07, 6.45) is 0.368. The fourth-order valence-electron chi connectivity index (χ4n) is 1.74. The fourth-order valence-corrected chi connectivity index (χ4v) is 2.97. The van der Waals surface area contributed by atoms with E-state index in [1.165, 1.54) is 4.90 Å². The van der Waals surface area contributed by atoms with Crippen LogP contribution in [0.2, 0.25) is 0 Å². The van der Waals surface area contributed by atoms with Crippen LogP contribution in [0.4, 0.5) is 0 Å². The first kappa shape index (κ1) is 11.0. The van der Waals surface area contributed by atoms with Crippen molar-refractivity contribution in [1.82, 2.24) is 5.32 Å². The van der Waals surface area contributed by atoms with E-state index in [2.05, 4.69) is 5.32 Å². The maximum absolute atomic E-state index is 11.8. The molecule has 0 bridgehead atoms. The van der Waals surface area contributed by atoms with Gasteiger partial charge in [0.05, 0.1) is 18.4 Å². The van der Waals surface area contributed by atoms with Gasteiger partial charge in [0, 0.05) is 17.2 Å². The number of thioether (sulfide) groups is 1. The summed E-state index contributed by atoms with van der Waals surface area (Å²) in [5.41, 5.74) is 1.11. The predicted octanol–water partition coefficient (Wildman–Crippen LogP) is 1.91. The van der Waals surface area contributed by atoms with Crippen LogP contribution in [0.5, 0.6) is 0 Å². The molecule has 1 atom stereocenters. The molecule has 82 valence electrons. The van der Waals surface area contributed by atoms with Crippen molar-refractivity contribution in [2.75, 3.05) is 12.3 Å². The van der Waals surface area contributed by atoms with E-state index in [0.29, 0.717) is 13.0 Å². The first-order valence-electron chi connectivity index (χ1n) is 5.19. The largest absolute Gasteiger partial charge is 0.355 e. The zero-order valence-corrected chi connectivity index (χ0v) is 9.59. The zero-order valence-electron chi connectivity index (χ0n) is 8.77. The van der Waals surface area contributed by atoms with Crippen molar-refractivity contribution < 1.29 is 4.79 Å². The zero-order chi connectivity index (χ0) is 11.4. The van der Waals surface area contributed by atoms with E-state index >= 15 is 0 Å². The number of nitrogens with one attached hydrogen (secondary N) is 1. The topological polar surface area (TPSA) is 52.9 Å². The Labute approximate surface area is 98.8 Å². The lowest BCUT2D eigenvalue weighted by Gasteiger charge is -2.10. The van der Waals surface area contributed by atoms with Crippen molar-refractivity contribution in [2.24, 2.45) is 0 Å². The maximum atomic E-state index is 11.8. The molecule has 16 heavy (non-hydrogen) atoms. The van der Waals surface area contributed by atoms with E-state index in [1.807, 2.05) is 30.3 Å². The molecule has 2 rings (SSSR count). The average molecular weight is 232 g/mol. The lowest BCUT2D eigenvalue weighted by atomic mass is 10.0. The Kier molecular flexibility index (Phi) is 3.47. The molecular weight excluding hydrogens is 220 g/mol. The lowest BCUT2D eigenvalue weighted by Crippen LogP contribution is -2.30. The third-order valence-electron chi connectivity index (χ3n) is 2.55. The third-order valence-corrected chi connectivity index (χ3v) is 3.74. The molecule has 0 aliphatic carbocycles. The molecule has 1 heterocycles. The van der Waals surface area contributed by atoms with Crippen LogP contribution < -0.4 is 5.32 Å². The number of amides is 1. The number of hydrogen-bond acceptors (Lipinski definition) is 3. The highest BCUT2D eigenvalue weighted by Crippen LogP contribution is 2.39. The number of carbonyl (C=O) groups excluding carboxylic acids is 1. The van der Waals surface area contributed by atoms with E-state index in [9.17, 15) is 4.79 Å². The monoisotopic (exact) mass is 232 g/mol.